The maximum Gasteiger partial charge on any atom is 0.126 e. The van der Waals surface area contributed by atoms with Crippen molar-refractivity contribution in [2.24, 2.45) is 5.73 Å². The number of nitrogens with two attached hydrogens (primary N) is 1. The number of hydrogen-bond acceptors (Lipinski definition) is 4. The lowest BCUT2D eigenvalue weighted by atomic mass is 9.93. The van der Waals surface area contributed by atoms with E-state index < -0.39 is 29.8 Å². The van der Waals surface area contributed by atoms with Gasteiger partial charge in [-0.15, -0.1) is 0 Å². The summed E-state index contributed by atoms with van der Waals surface area (Å²) in [5.74, 6) is -1.31. The molecule has 0 spiro atoms. The van der Waals surface area contributed by atoms with Gasteiger partial charge in [0.2, 0.25) is 0 Å². The van der Waals surface area contributed by atoms with Crippen molar-refractivity contribution in [3.8, 4) is 0 Å². The Balaban J connectivity index is 0.00000242. The second-order valence-electron chi connectivity index (χ2n) is 7.51. The molecule has 6 heteroatoms. The third-order valence-electron chi connectivity index (χ3n) is 4.64. The molecule has 2 aromatic rings. The average Bonchev–Trinajstić information content (AvgIpc) is 2.79. The molecule has 4 nitrogen and oxygen atoms in total. The zero-order chi connectivity index (χ0) is 25.4. The summed E-state index contributed by atoms with van der Waals surface area (Å²) < 4.78 is 32.9. The Bertz CT molecular complexity index is 767. The fraction of sp³-hybridized carbons (Fsp3) is 0.481. The molecule has 0 saturated heterocycles. The second-order valence-corrected chi connectivity index (χ2v) is 7.51. The zero-order valence-corrected chi connectivity index (χ0v) is 20.9. The third-order valence-corrected chi connectivity index (χ3v) is 4.64. The fourth-order valence-corrected chi connectivity index (χ4v) is 3.26. The Morgan fingerprint density at radius 2 is 1.58 bits per heavy atom. The van der Waals surface area contributed by atoms with Crippen LogP contribution in [0.4, 0.5) is 8.78 Å². The van der Waals surface area contributed by atoms with Gasteiger partial charge in [0.25, 0.3) is 0 Å². The molecular formula is C27H42F2N2O2. The minimum Gasteiger partial charge on any atom is -0.389 e. The van der Waals surface area contributed by atoms with Crippen LogP contribution in [0.5, 0.6) is 0 Å². The molecule has 2 rings (SSSR count). The lowest BCUT2D eigenvalue weighted by Gasteiger charge is -2.31. The molecule has 0 aliphatic heterocycles. The van der Waals surface area contributed by atoms with Crippen LogP contribution in [0.2, 0.25) is 0 Å². The minimum absolute atomic E-state index is 0.169. The first-order valence-electron chi connectivity index (χ1n) is 11.7. The molecule has 0 saturated carbocycles. The van der Waals surface area contributed by atoms with Crippen LogP contribution in [0.1, 0.15) is 59.1 Å². The second kappa shape index (κ2) is 17.2. The van der Waals surface area contributed by atoms with Crippen LogP contribution in [0, 0.1) is 11.6 Å². The molecule has 0 bridgehead atoms. The number of allylic oxidation sites excluding steroid dienone is 1. The maximum atomic E-state index is 13.5. The lowest BCUT2D eigenvalue weighted by Crippen LogP contribution is -2.51. The van der Waals surface area contributed by atoms with Crippen LogP contribution in [0.15, 0.2) is 60.8 Å². The molecule has 0 aromatic heterocycles. The van der Waals surface area contributed by atoms with Gasteiger partial charge in [-0.3, -0.25) is 0 Å². The average molecular weight is 465 g/mol. The number of benzene rings is 2. The summed E-state index contributed by atoms with van der Waals surface area (Å²) in [6.45, 7) is 15.9. The summed E-state index contributed by atoms with van der Waals surface area (Å²) in [5, 5.41) is 13.9. The molecular weight excluding hydrogens is 422 g/mol. The predicted molar refractivity (Wildman–Crippen MR) is 134 cm³/mol. The van der Waals surface area contributed by atoms with Crippen LogP contribution < -0.4 is 11.1 Å². The van der Waals surface area contributed by atoms with Gasteiger partial charge in [0.15, 0.2) is 0 Å². The van der Waals surface area contributed by atoms with Crippen molar-refractivity contribution < 1.29 is 18.6 Å². The molecule has 4 N–H and O–H groups in total. The topological polar surface area (TPSA) is 67.5 Å². The van der Waals surface area contributed by atoms with Gasteiger partial charge in [0.1, 0.15) is 11.6 Å². The summed E-state index contributed by atoms with van der Waals surface area (Å²) in [6.07, 6.45) is -0.493. The molecule has 4 unspecified atom stereocenters. The van der Waals surface area contributed by atoms with Crippen LogP contribution >= 0.6 is 0 Å². The van der Waals surface area contributed by atoms with Crippen molar-refractivity contribution in [3.63, 3.8) is 0 Å². The van der Waals surface area contributed by atoms with Crippen molar-refractivity contribution in [3.05, 3.63) is 83.6 Å². The van der Waals surface area contributed by atoms with Crippen molar-refractivity contribution in [1.29, 1.82) is 0 Å². The van der Waals surface area contributed by atoms with Gasteiger partial charge < -0.3 is 20.9 Å². The van der Waals surface area contributed by atoms with Crippen molar-refractivity contribution in [2.75, 3.05) is 0 Å². The van der Waals surface area contributed by atoms with Crippen molar-refractivity contribution in [1.82, 2.24) is 5.32 Å². The van der Waals surface area contributed by atoms with Crippen LogP contribution in [-0.4, -0.2) is 29.4 Å². The number of halogens is 2. The van der Waals surface area contributed by atoms with E-state index in [-0.39, 0.29) is 12.5 Å². The monoisotopic (exact) mass is 464 g/mol. The molecule has 0 aliphatic carbocycles. The highest BCUT2D eigenvalue weighted by Crippen LogP contribution is 2.16. The van der Waals surface area contributed by atoms with Gasteiger partial charge in [-0.25, -0.2) is 8.78 Å². The van der Waals surface area contributed by atoms with Crippen LogP contribution in [-0.2, 0) is 17.8 Å². The highest BCUT2D eigenvalue weighted by Gasteiger charge is 2.27. The van der Waals surface area contributed by atoms with E-state index in [2.05, 4.69) is 11.9 Å². The largest absolute Gasteiger partial charge is 0.389 e. The zero-order valence-electron chi connectivity index (χ0n) is 20.9. The molecule has 0 amide bonds. The molecule has 186 valence electrons. The Morgan fingerprint density at radius 3 is 2.09 bits per heavy atom. The molecule has 2 aromatic carbocycles. The van der Waals surface area contributed by atoms with Gasteiger partial charge in [0.05, 0.1) is 24.9 Å². The summed E-state index contributed by atoms with van der Waals surface area (Å²) in [4.78, 5) is 0. The predicted octanol–water partition coefficient (Wildman–Crippen LogP) is 5.74. The molecule has 0 heterocycles. The Hall–Kier alpha value is -2.28. The van der Waals surface area contributed by atoms with Crippen molar-refractivity contribution in [2.45, 2.75) is 85.3 Å². The number of aliphatic hydroxyl groups is 1. The maximum absolute atomic E-state index is 13.5. The van der Waals surface area contributed by atoms with E-state index in [4.69, 9.17) is 10.5 Å². The molecule has 33 heavy (non-hydrogen) atoms. The SMILES string of the molecule is C=C(C)NC(Cc1cc(F)cc(F)c1)C(O)C(N)CC(C)OCc1ccccc1.CC.CC. The first kappa shape index (κ1) is 30.7. The van der Waals surface area contributed by atoms with E-state index in [1.54, 1.807) is 6.92 Å². The first-order chi connectivity index (χ1) is 15.7. The van der Waals surface area contributed by atoms with Crippen LogP contribution in [0.3, 0.4) is 0 Å². The number of rotatable bonds is 11. The number of nitrogens with one attached hydrogen (secondary N) is 1. The van der Waals surface area contributed by atoms with Gasteiger partial charge >= 0.3 is 0 Å². The van der Waals surface area contributed by atoms with Gasteiger partial charge in [-0.05, 0) is 49.9 Å². The van der Waals surface area contributed by atoms with Gasteiger partial charge in [0, 0.05) is 17.8 Å². The van der Waals surface area contributed by atoms with E-state index >= 15 is 0 Å². The summed E-state index contributed by atoms with van der Waals surface area (Å²) in [7, 11) is 0. The number of hydrogen-bond donors (Lipinski definition) is 3. The van der Waals surface area contributed by atoms with E-state index in [0.717, 1.165) is 11.6 Å². The minimum atomic E-state index is -0.958. The molecule has 0 aliphatic rings. The van der Waals surface area contributed by atoms with E-state index in [1.165, 1.54) is 12.1 Å². The standard InChI is InChI=1S/C23H30F2N2O2.2C2H6/c1-15(2)27-22(12-18-10-19(24)13-20(25)11-18)23(28)21(26)9-16(3)29-14-17-7-5-4-6-8-17;2*1-2/h4-8,10-11,13,16,21-23,27-28H,1,9,12,14,26H2,2-3H3;2*1-2H3. The van der Waals surface area contributed by atoms with E-state index in [9.17, 15) is 13.9 Å². The third kappa shape index (κ3) is 12.5. The number of ether oxygens (including phenoxy) is 1. The lowest BCUT2D eigenvalue weighted by molar-refractivity contribution is 0.0221. The normalized spacial score (nSPS) is 13.9. The van der Waals surface area contributed by atoms with Crippen LogP contribution in [0.25, 0.3) is 0 Å². The van der Waals surface area contributed by atoms with Crippen molar-refractivity contribution >= 4 is 0 Å². The Morgan fingerprint density at radius 1 is 1.03 bits per heavy atom. The van der Waals surface area contributed by atoms with Gasteiger partial charge in [-0.1, -0.05) is 64.6 Å². The summed E-state index contributed by atoms with van der Waals surface area (Å²) in [5.41, 5.74) is 8.35. The first-order valence-corrected chi connectivity index (χ1v) is 11.7. The van der Waals surface area contributed by atoms with E-state index in [1.807, 2.05) is 65.0 Å². The Kier molecular flexibility index (Phi) is 16.0. The quantitative estimate of drug-likeness (QED) is 0.397. The number of aliphatic hydroxyl groups excluding tert-OH is 1. The summed E-state index contributed by atoms with van der Waals surface area (Å²) in [6, 6.07) is 12.0. The molecule has 4 atom stereocenters. The van der Waals surface area contributed by atoms with E-state index in [0.29, 0.717) is 24.3 Å². The molecule has 0 fully saturated rings. The highest BCUT2D eigenvalue weighted by atomic mass is 19.1. The Labute approximate surface area is 198 Å². The summed E-state index contributed by atoms with van der Waals surface area (Å²) >= 11 is 0. The highest BCUT2D eigenvalue weighted by molar-refractivity contribution is 5.20. The van der Waals surface area contributed by atoms with Gasteiger partial charge in [-0.2, -0.15) is 0 Å². The smallest absolute Gasteiger partial charge is 0.126 e. The molecule has 0 radical (unpaired) electrons. The fourth-order valence-electron chi connectivity index (χ4n) is 3.26.